The highest BCUT2D eigenvalue weighted by Gasteiger charge is 2.21. The summed E-state index contributed by atoms with van der Waals surface area (Å²) in [6.45, 7) is 2.63. The molecule has 1 saturated carbocycles. The molecule has 1 aromatic carbocycles. The van der Waals surface area contributed by atoms with Gasteiger partial charge >= 0.3 is 0 Å². The van der Waals surface area contributed by atoms with Crippen LogP contribution in [-0.4, -0.2) is 33.3 Å². The Bertz CT molecular complexity index is 639. The van der Waals surface area contributed by atoms with Crippen LogP contribution < -0.4 is 11.1 Å². The molecule has 1 fully saturated rings. The second-order valence-electron chi connectivity index (χ2n) is 5.47. The lowest BCUT2D eigenvalue weighted by molar-refractivity contribution is -0.117. The number of nitrogens with two attached hydrogens (primary N) is 1. The number of sulfone groups is 1. The van der Waals surface area contributed by atoms with Gasteiger partial charge in [-0.05, 0) is 37.0 Å². The maximum absolute atomic E-state index is 11.9. The van der Waals surface area contributed by atoms with E-state index < -0.39 is 9.84 Å². The molecule has 3 N–H and O–H groups in total. The number of anilines is 2. The van der Waals surface area contributed by atoms with E-state index in [-0.39, 0.29) is 23.0 Å². The zero-order chi connectivity index (χ0) is 16.2. The van der Waals surface area contributed by atoms with Gasteiger partial charge in [0.05, 0.1) is 35.1 Å². The number of ether oxygens (including phenoxy) is 1. The van der Waals surface area contributed by atoms with Gasteiger partial charge in [-0.25, -0.2) is 8.42 Å². The molecule has 6 nitrogen and oxygen atoms in total. The van der Waals surface area contributed by atoms with E-state index in [0.717, 1.165) is 0 Å². The summed E-state index contributed by atoms with van der Waals surface area (Å²) < 4.78 is 29.1. The van der Waals surface area contributed by atoms with E-state index in [1.165, 1.54) is 31.0 Å². The summed E-state index contributed by atoms with van der Waals surface area (Å²) in [5.74, 6) is 0.419. The molecule has 122 valence electrons. The summed E-state index contributed by atoms with van der Waals surface area (Å²) in [4.78, 5) is 12.0. The molecule has 0 radical (unpaired) electrons. The summed E-state index contributed by atoms with van der Waals surface area (Å²) in [7, 11) is -3.33. The van der Waals surface area contributed by atoms with Crippen molar-refractivity contribution in [3.05, 3.63) is 18.2 Å². The van der Waals surface area contributed by atoms with Crippen molar-refractivity contribution in [2.45, 2.75) is 31.1 Å². The van der Waals surface area contributed by atoms with Crippen molar-refractivity contribution in [3.8, 4) is 0 Å². The van der Waals surface area contributed by atoms with Crippen molar-refractivity contribution >= 4 is 27.1 Å². The fourth-order valence-corrected chi connectivity index (χ4v) is 2.82. The monoisotopic (exact) mass is 326 g/mol. The van der Waals surface area contributed by atoms with Gasteiger partial charge in [0.15, 0.2) is 9.84 Å². The van der Waals surface area contributed by atoms with Crippen molar-refractivity contribution in [2.75, 3.05) is 30.0 Å². The van der Waals surface area contributed by atoms with Crippen LogP contribution in [0, 0.1) is 5.92 Å². The number of hydrogen-bond acceptors (Lipinski definition) is 5. The summed E-state index contributed by atoms with van der Waals surface area (Å²) >= 11 is 0. The van der Waals surface area contributed by atoms with E-state index in [0.29, 0.717) is 30.5 Å². The molecule has 0 aromatic heterocycles. The minimum absolute atomic E-state index is 0.000683. The second-order valence-corrected chi connectivity index (χ2v) is 7.75. The summed E-state index contributed by atoms with van der Waals surface area (Å²) in [5, 5.41) is 2.64. The third-order valence-electron chi connectivity index (χ3n) is 3.56. The molecule has 1 aliphatic rings. The lowest BCUT2D eigenvalue weighted by Gasteiger charge is -2.10. The highest BCUT2D eigenvalue weighted by molar-refractivity contribution is 7.91. The quantitative estimate of drug-likeness (QED) is 0.561. The molecule has 7 heteroatoms. The highest BCUT2D eigenvalue weighted by Crippen LogP contribution is 2.28. The fourth-order valence-electron chi connectivity index (χ4n) is 1.92. The van der Waals surface area contributed by atoms with E-state index in [2.05, 4.69) is 5.32 Å². The standard InChI is InChI=1S/C15H22N2O4S/c1-2-22(19,20)12-5-6-13(16)14(9-12)17-15(18)7-8-21-10-11-3-4-11/h5-6,9,11H,2-4,7-8,10,16H2,1H3,(H,17,18). The minimum Gasteiger partial charge on any atom is -0.397 e. The second kappa shape index (κ2) is 7.11. The lowest BCUT2D eigenvalue weighted by atomic mass is 10.2. The van der Waals surface area contributed by atoms with E-state index in [4.69, 9.17) is 10.5 Å². The Morgan fingerprint density at radius 3 is 2.77 bits per heavy atom. The highest BCUT2D eigenvalue weighted by atomic mass is 32.2. The molecule has 0 atom stereocenters. The van der Waals surface area contributed by atoms with Crippen LogP contribution in [0.25, 0.3) is 0 Å². The maximum atomic E-state index is 11.9. The molecular formula is C15H22N2O4S. The van der Waals surface area contributed by atoms with E-state index >= 15 is 0 Å². The number of nitrogens with one attached hydrogen (secondary N) is 1. The Morgan fingerprint density at radius 2 is 2.14 bits per heavy atom. The van der Waals surface area contributed by atoms with Crippen LogP contribution in [0.15, 0.2) is 23.1 Å². The van der Waals surface area contributed by atoms with Gasteiger partial charge in [0.25, 0.3) is 0 Å². The minimum atomic E-state index is -3.33. The van der Waals surface area contributed by atoms with Gasteiger partial charge in [-0.15, -0.1) is 0 Å². The number of hydrogen-bond donors (Lipinski definition) is 2. The summed E-state index contributed by atoms with van der Waals surface area (Å²) in [5.41, 5.74) is 6.44. The third kappa shape index (κ3) is 4.71. The number of carbonyl (C=O) groups excluding carboxylic acids is 1. The lowest BCUT2D eigenvalue weighted by Crippen LogP contribution is -2.16. The molecule has 0 unspecified atom stereocenters. The van der Waals surface area contributed by atoms with Crippen LogP contribution >= 0.6 is 0 Å². The number of benzene rings is 1. The van der Waals surface area contributed by atoms with Gasteiger partial charge in [0.1, 0.15) is 0 Å². The molecular weight excluding hydrogens is 304 g/mol. The average Bonchev–Trinajstić information content (AvgIpc) is 3.30. The van der Waals surface area contributed by atoms with Crippen molar-refractivity contribution < 1.29 is 17.9 Å². The van der Waals surface area contributed by atoms with Crippen LogP contribution in [0.1, 0.15) is 26.2 Å². The first-order chi connectivity index (χ1) is 10.4. The predicted molar refractivity (Wildman–Crippen MR) is 85.4 cm³/mol. The van der Waals surface area contributed by atoms with Gasteiger partial charge in [0.2, 0.25) is 5.91 Å². The largest absolute Gasteiger partial charge is 0.397 e. The van der Waals surface area contributed by atoms with Crippen LogP contribution in [0.4, 0.5) is 11.4 Å². The number of amides is 1. The third-order valence-corrected chi connectivity index (χ3v) is 5.29. The first kappa shape index (κ1) is 16.8. The molecule has 0 aliphatic heterocycles. The smallest absolute Gasteiger partial charge is 0.226 e. The average molecular weight is 326 g/mol. The van der Waals surface area contributed by atoms with Gasteiger partial charge in [-0.3, -0.25) is 4.79 Å². The Balaban J connectivity index is 1.92. The molecule has 0 spiro atoms. The van der Waals surface area contributed by atoms with E-state index in [1.807, 2.05) is 0 Å². The summed E-state index contributed by atoms with van der Waals surface area (Å²) in [6.07, 6.45) is 2.64. The van der Waals surface area contributed by atoms with Crippen molar-refractivity contribution in [1.82, 2.24) is 0 Å². The molecule has 1 aromatic rings. The van der Waals surface area contributed by atoms with Crippen LogP contribution in [0.3, 0.4) is 0 Å². The van der Waals surface area contributed by atoms with Crippen LogP contribution in [0.2, 0.25) is 0 Å². The number of carbonyl (C=O) groups is 1. The molecule has 0 saturated heterocycles. The molecule has 0 bridgehead atoms. The number of rotatable bonds is 8. The van der Waals surface area contributed by atoms with Crippen LogP contribution in [-0.2, 0) is 19.4 Å². The maximum Gasteiger partial charge on any atom is 0.226 e. The van der Waals surface area contributed by atoms with E-state index in [9.17, 15) is 13.2 Å². The Morgan fingerprint density at radius 1 is 1.41 bits per heavy atom. The van der Waals surface area contributed by atoms with Crippen molar-refractivity contribution in [2.24, 2.45) is 5.92 Å². The number of nitrogen functional groups attached to an aromatic ring is 1. The van der Waals surface area contributed by atoms with Gasteiger partial charge in [0, 0.05) is 6.61 Å². The Labute approximate surface area is 131 Å². The van der Waals surface area contributed by atoms with Gasteiger partial charge < -0.3 is 15.8 Å². The molecule has 1 aliphatic carbocycles. The van der Waals surface area contributed by atoms with Gasteiger partial charge in [-0.1, -0.05) is 6.92 Å². The predicted octanol–water partition coefficient (Wildman–Crippen LogP) is 1.82. The molecule has 1 amide bonds. The molecule has 2 rings (SSSR count). The Hall–Kier alpha value is -1.60. The topological polar surface area (TPSA) is 98.5 Å². The first-order valence-electron chi connectivity index (χ1n) is 7.42. The zero-order valence-electron chi connectivity index (χ0n) is 12.7. The van der Waals surface area contributed by atoms with Gasteiger partial charge in [-0.2, -0.15) is 0 Å². The zero-order valence-corrected chi connectivity index (χ0v) is 13.5. The van der Waals surface area contributed by atoms with E-state index in [1.54, 1.807) is 6.92 Å². The molecule has 22 heavy (non-hydrogen) atoms. The molecule has 0 heterocycles. The van der Waals surface area contributed by atoms with Crippen molar-refractivity contribution in [1.29, 1.82) is 0 Å². The first-order valence-corrected chi connectivity index (χ1v) is 9.07. The normalized spacial score (nSPS) is 14.8. The SMILES string of the molecule is CCS(=O)(=O)c1ccc(N)c(NC(=O)CCOCC2CC2)c1. The summed E-state index contributed by atoms with van der Waals surface area (Å²) in [6, 6.07) is 4.33. The Kier molecular flexibility index (Phi) is 5.42. The fraction of sp³-hybridized carbons (Fsp3) is 0.533. The van der Waals surface area contributed by atoms with Crippen molar-refractivity contribution in [3.63, 3.8) is 0 Å². The van der Waals surface area contributed by atoms with Crippen LogP contribution in [0.5, 0.6) is 0 Å².